The Morgan fingerprint density at radius 3 is 2.85 bits per heavy atom. The third-order valence-corrected chi connectivity index (χ3v) is 3.80. The standard InChI is InChI=1S/C9H4BrNOS/c10-6-3-1-2-5-8(12)7(4-11)13-9(5)6/h1-3,12H. The van der Waals surface area contributed by atoms with E-state index >= 15 is 0 Å². The lowest BCUT2D eigenvalue weighted by atomic mass is 10.2. The summed E-state index contributed by atoms with van der Waals surface area (Å²) in [4.78, 5) is 0.363. The first-order valence-corrected chi connectivity index (χ1v) is 5.15. The van der Waals surface area contributed by atoms with Crippen LogP contribution < -0.4 is 0 Å². The third-order valence-electron chi connectivity index (χ3n) is 1.74. The summed E-state index contributed by atoms with van der Waals surface area (Å²) in [5.74, 6) is 0.0869. The second kappa shape index (κ2) is 3.02. The third kappa shape index (κ3) is 1.21. The number of nitrogens with zero attached hydrogens (tertiary/aromatic N) is 1. The van der Waals surface area contributed by atoms with E-state index in [2.05, 4.69) is 15.9 Å². The number of fused-ring (bicyclic) bond motifs is 1. The van der Waals surface area contributed by atoms with E-state index < -0.39 is 0 Å². The lowest BCUT2D eigenvalue weighted by molar-refractivity contribution is 0.482. The minimum Gasteiger partial charge on any atom is -0.505 e. The van der Waals surface area contributed by atoms with Gasteiger partial charge in [0.1, 0.15) is 10.9 Å². The minimum absolute atomic E-state index is 0.0869. The lowest BCUT2D eigenvalue weighted by Gasteiger charge is -1.91. The molecule has 1 N–H and O–H groups in total. The second-order valence-corrected chi connectivity index (χ2v) is 4.38. The van der Waals surface area contributed by atoms with E-state index in [9.17, 15) is 5.11 Å². The van der Waals surface area contributed by atoms with E-state index in [1.165, 1.54) is 11.3 Å². The topological polar surface area (TPSA) is 44.0 Å². The average molecular weight is 254 g/mol. The fourth-order valence-corrected chi connectivity index (χ4v) is 2.65. The van der Waals surface area contributed by atoms with Crippen molar-refractivity contribution < 1.29 is 5.11 Å². The van der Waals surface area contributed by atoms with Crippen molar-refractivity contribution in [2.45, 2.75) is 0 Å². The van der Waals surface area contributed by atoms with Crippen LogP contribution in [0.4, 0.5) is 0 Å². The first kappa shape index (κ1) is 8.54. The van der Waals surface area contributed by atoms with Gasteiger partial charge >= 0.3 is 0 Å². The number of benzene rings is 1. The van der Waals surface area contributed by atoms with Gasteiger partial charge < -0.3 is 5.11 Å². The largest absolute Gasteiger partial charge is 0.505 e. The molecule has 0 spiro atoms. The summed E-state index contributed by atoms with van der Waals surface area (Å²) < 4.78 is 1.82. The van der Waals surface area contributed by atoms with Crippen molar-refractivity contribution in [3.63, 3.8) is 0 Å². The zero-order valence-electron chi connectivity index (χ0n) is 6.41. The summed E-state index contributed by atoms with van der Waals surface area (Å²) in [5.41, 5.74) is 0. The molecular weight excluding hydrogens is 250 g/mol. The highest BCUT2D eigenvalue weighted by molar-refractivity contribution is 9.10. The summed E-state index contributed by atoms with van der Waals surface area (Å²) in [5, 5.41) is 19.0. The molecule has 0 aliphatic rings. The molecule has 0 saturated carbocycles. The SMILES string of the molecule is N#Cc1sc2c(Br)cccc2c1O. The van der Waals surface area contributed by atoms with Crippen LogP contribution in [0.25, 0.3) is 10.1 Å². The zero-order valence-corrected chi connectivity index (χ0v) is 8.82. The maximum Gasteiger partial charge on any atom is 0.152 e. The first-order valence-electron chi connectivity index (χ1n) is 3.54. The fraction of sp³-hybridized carbons (Fsp3) is 0. The van der Waals surface area contributed by atoms with Crippen LogP contribution >= 0.6 is 27.3 Å². The van der Waals surface area contributed by atoms with E-state index in [-0.39, 0.29) is 5.75 Å². The van der Waals surface area contributed by atoms with Gasteiger partial charge in [-0.2, -0.15) is 5.26 Å². The molecule has 2 rings (SSSR count). The van der Waals surface area contributed by atoms with Gasteiger partial charge in [0.25, 0.3) is 0 Å². The number of hydrogen-bond acceptors (Lipinski definition) is 3. The van der Waals surface area contributed by atoms with Crippen LogP contribution in [-0.4, -0.2) is 5.11 Å². The van der Waals surface area contributed by atoms with Gasteiger partial charge in [-0.05, 0) is 28.1 Å². The summed E-state index contributed by atoms with van der Waals surface area (Å²) in [6.45, 7) is 0. The predicted molar refractivity (Wildman–Crippen MR) is 55.9 cm³/mol. The molecule has 13 heavy (non-hydrogen) atoms. The second-order valence-electron chi connectivity index (χ2n) is 2.51. The van der Waals surface area contributed by atoms with Crippen LogP contribution in [0.1, 0.15) is 4.88 Å². The van der Waals surface area contributed by atoms with E-state index in [0.29, 0.717) is 4.88 Å². The van der Waals surface area contributed by atoms with Gasteiger partial charge in [-0.25, -0.2) is 0 Å². The minimum atomic E-state index is 0.0869. The number of nitriles is 1. The molecule has 2 aromatic rings. The highest BCUT2D eigenvalue weighted by Gasteiger charge is 2.11. The quantitative estimate of drug-likeness (QED) is 0.784. The smallest absolute Gasteiger partial charge is 0.152 e. The van der Waals surface area contributed by atoms with E-state index in [1.54, 1.807) is 6.07 Å². The van der Waals surface area contributed by atoms with Crippen LogP contribution in [-0.2, 0) is 0 Å². The molecule has 0 radical (unpaired) electrons. The highest BCUT2D eigenvalue weighted by Crippen LogP contribution is 2.39. The van der Waals surface area contributed by atoms with E-state index in [1.807, 2.05) is 18.2 Å². The van der Waals surface area contributed by atoms with Crippen LogP contribution in [0.5, 0.6) is 5.75 Å². The molecule has 0 atom stereocenters. The average Bonchev–Trinajstić information content (AvgIpc) is 2.45. The van der Waals surface area contributed by atoms with Crippen LogP contribution in [0.15, 0.2) is 22.7 Å². The van der Waals surface area contributed by atoms with Gasteiger partial charge in [0.2, 0.25) is 0 Å². The van der Waals surface area contributed by atoms with Gasteiger partial charge in [-0.15, -0.1) is 11.3 Å². The van der Waals surface area contributed by atoms with Crippen molar-refractivity contribution in [3.05, 3.63) is 27.5 Å². The van der Waals surface area contributed by atoms with Crippen LogP contribution in [0.3, 0.4) is 0 Å². The van der Waals surface area contributed by atoms with Crippen molar-refractivity contribution in [1.82, 2.24) is 0 Å². The van der Waals surface area contributed by atoms with Gasteiger partial charge in [0, 0.05) is 9.86 Å². The molecule has 2 nitrogen and oxygen atoms in total. The maximum atomic E-state index is 9.58. The lowest BCUT2D eigenvalue weighted by Crippen LogP contribution is -1.66. The Hall–Kier alpha value is -1.05. The molecule has 1 heterocycles. The molecule has 0 aliphatic heterocycles. The van der Waals surface area contributed by atoms with Crippen LogP contribution in [0.2, 0.25) is 0 Å². The summed E-state index contributed by atoms with van der Waals surface area (Å²) in [6.07, 6.45) is 0. The molecule has 4 heteroatoms. The number of halogens is 1. The number of thiophene rings is 1. The number of rotatable bonds is 0. The van der Waals surface area contributed by atoms with Gasteiger partial charge in [-0.3, -0.25) is 0 Å². The van der Waals surface area contributed by atoms with Crippen molar-refractivity contribution in [3.8, 4) is 11.8 Å². The molecule has 64 valence electrons. The molecule has 0 bridgehead atoms. The van der Waals surface area contributed by atoms with Crippen molar-refractivity contribution >= 4 is 37.4 Å². The van der Waals surface area contributed by atoms with Crippen LogP contribution in [0, 0.1) is 11.3 Å². The predicted octanol–water partition coefficient (Wildman–Crippen LogP) is 3.24. The maximum absolute atomic E-state index is 9.58. The monoisotopic (exact) mass is 253 g/mol. The van der Waals surface area contributed by atoms with Crippen molar-refractivity contribution in [1.29, 1.82) is 5.26 Å². The molecule has 0 aliphatic carbocycles. The summed E-state index contributed by atoms with van der Waals surface area (Å²) >= 11 is 4.66. The Bertz CT molecular complexity index is 512. The first-order chi connectivity index (χ1) is 6.24. The fourth-order valence-electron chi connectivity index (χ4n) is 1.15. The highest BCUT2D eigenvalue weighted by atomic mass is 79.9. The van der Waals surface area contributed by atoms with Crippen molar-refractivity contribution in [2.75, 3.05) is 0 Å². The number of aromatic hydroxyl groups is 1. The Kier molecular flexibility index (Phi) is 1.98. The summed E-state index contributed by atoms with van der Waals surface area (Å²) in [6, 6.07) is 7.48. The molecule has 1 aromatic carbocycles. The molecular formula is C9H4BrNOS. The van der Waals surface area contributed by atoms with Gasteiger partial charge in [-0.1, -0.05) is 6.07 Å². The zero-order chi connectivity index (χ0) is 9.42. The van der Waals surface area contributed by atoms with Crippen molar-refractivity contribution in [2.24, 2.45) is 0 Å². The van der Waals surface area contributed by atoms with Gasteiger partial charge in [0.15, 0.2) is 5.75 Å². The Balaban J connectivity index is 2.94. The summed E-state index contributed by atoms with van der Waals surface area (Å²) in [7, 11) is 0. The molecule has 0 fully saturated rings. The molecule has 0 amide bonds. The molecule has 1 aromatic heterocycles. The van der Waals surface area contributed by atoms with E-state index in [0.717, 1.165) is 14.6 Å². The molecule has 0 saturated heterocycles. The van der Waals surface area contributed by atoms with Gasteiger partial charge in [0.05, 0.1) is 4.70 Å². The normalized spacial score (nSPS) is 10.2. The van der Waals surface area contributed by atoms with E-state index in [4.69, 9.17) is 5.26 Å². The number of hydrogen-bond donors (Lipinski definition) is 1. The Labute approximate surface area is 87.2 Å². The Morgan fingerprint density at radius 2 is 2.23 bits per heavy atom. The Morgan fingerprint density at radius 1 is 1.46 bits per heavy atom. The molecule has 0 unspecified atom stereocenters.